The number of rotatable bonds is 5. The number of hydrogen-bond acceptors (Lipinski definition) is 5. The Morgan fingerprint density at radius 1 is 0.966 bits per heavy atom. The van der Waals surface area contributed by atoms with Gasteiger partial charge in [0.2, 0.25) is 10.0 Å². The Hall–Kier alpha value is -1.01. The van der Waals surface area contributed by atoms with E-state index in [1.165, 1.54) is 14.9 Å². The van der Waals surface area contributed by atoms with E-state index in [0.717, 1.165) is 41.3 Å². The normalized spacial score (nSPS) is 14.9. The zero-order chi connectivity index (χ0) is 19.6. The number of hydrogen-bond donors (Lipinski definition) is 1. The third-order valence-corrected chi connectivity index (χ3v) is 8.09. The summed E-state index contributed by atoms with van der Waals surface area (Å²) in [5.74, 6) is 0. The molecule has 1 aliphatic rings. The van der Waals surface area contributed by atoms with Crippen molar-refractivity contribution in [2.45, 2.75) is 24.2 Å². The van der Waals surface area contributed by atoms with Gasteiger partial charge in [-0.2, -0.15) is 4.31 Å². The van der Waals surface area contributed by atoms with Crippen molar-refractivity contribution < 1.29 is 8.42 Å². The van der Waals surface area contributed by atoms with E-state index in [2.05, 4.69) is 32.9 Å². The maximum Gasteiger partial charge on any atom is 0.243 e. The van der Waals surface area contributed by atoms with Crippen LogP contribution in [0, 0.1) is 3.57 Å². The fourth-order valence-electron chi connectivity index (χ4n) is 3.17. The smallest absolute Gasteiger partial charge is 0.243 e. The van der Waals surface area contributed by atoms with Gasteiger partial charge in [0.05, 0.1) is 10.6 Å². The second-order valence-corrected chi connectivity index (χ2v) is 10.7. The highest BCUT2D eigenvalue weighted by Gasteiger charge is 2.25. The van der Waals surface area contributed by atoms with Gasteiger partial charge >= 0.3 is 0 Å². The molecule has 1 aliphatic heterocycles. The average Bonchev–Trinajstić information content (AvgIpc) is 3.19. The lowest BCUT2D eigenvalue weighted by molar-refractivity contribution is 0.346. The molecule has 4 rings (SSSR count). The molecule has 0 bridgehead atoms. The molecule has 9 heteroatoms. The van der Waals surface area contributed by atoms with Crippen LogP contribution < -0.4 is 5.32 Å². The van der Waals surface area contributed by atoms with Gasteiger partial charge in [0.1, 0.15) is 0 Å². The number of sulfonamides is 1. The van der Waals surface area contributed by atoms with Gasteiger partial charge in [-0.3, -0.25) is 0 Å². The van der Waals surface area contributed by atoms with Crippen molar-refractivity contribution in [3.63, 3.8) is 0 Å². The van der Waals surface area contributed by atoms with Crippen LogP contribution >= 0.6 is 50.9 Å². The summed E-state index contributed by atoms with van der Waals surface area (Å²) in [6, 6.07) is 15.2. The maximum absolute atomic E-state index is 12.8. The summed E-state index contributed by atoms with van der Waals surface area (Å²) in [5.41, 5.74) is 2.73. The molecule has 0 aliphatic carbocycles. The molecule has 5 nitrogen and oxygen atoms in total. The Morgan fingerprint density at radius 3 is 2.28 bits per heavy atom. The molecular weight excluding hydrogens is 585 g/mol. The molecule has 0 saturated carbocycles. The van der Waals surface area contributed by atoms with Gasteiger partial charge in [-0.25, -0.2) is 13.4 Å². The first-order valence-corrected chi connectivity index (χ1v) is 12.5. The van der Waals surface area contributed by atoms with E-state index in [9.17, 15) is 8.42 Å². The Kier molecular flexibility index (Phi) is 7.71. The zero-order valence-electron chi connectivity index (χ0n) is 15.5. The molecule has 29 heavy (non-hydrogen) atoms. The molecule has 1 saturated heterocycles. The van der Waals surface area contributed by atoms with E-state index >= 15 is 0 Å². The topological polar surface area (TPSA) is 62.3 Å². The van der Waals surface area contributed by atoms with Crippen molar-refractivity contribution >= 4 is 71.8 Å². The number of aromatic nitrogens is 1. The minimum absolute atomic E-state index is 0. The lowest BCUT2D eigenvalue weighted by Crippen LogP contribution is -2.35. The van der Waals surface area contributed by atoms with Crippen molar-refractivity contribution in [3.8, 4) is 11.3 Å². The van der Waals surface area contributed by atoms with E-state index in [1.807, 2.05) is 41.8 Å². The molecule has 0 radical (unpaired) electrons. The third-order valence-electron chi connectivity index (χ3n) is 4.70. The predicted molar refractivity (Wildman–Crippen MR) is 133 cm³/mol. The number of nitrogens with one attached hydrogen (secondary N) is 1. The van der Waals surface area contributed by atoms with Crippen LogP contribution in [0.15, 0.2) is 58.8 Å². The molecule has 2 heterocycles. The number of halogens is 2. The fourth-order valence-corrected chi connectivity index (χ4v) is 5.79. The highest BCUT2D eigenvalue weighted by molar-refractivity contribution is 14.1. The van der Waals surface area contributed by atoms with Crippen LogP contribution in [0.5, 0.6) is 0 Å². The molecular formula is C20H21BrIN3O2S2. The molecule has 2 aromatic carbocycles. The molecule has 1 N–H and O–H groups in total. The van der Waals surface area contributed by atoms with Gasteiger partial charge in [0, 0.05) is 33.3 Å². The second kappa shape index (κ2) is 9.86. The summed E-state index contributed by atoms with van der Waals surface area (Å²) in [4.78, 5) is 4.98. The van der Waals surface area contributed by atoms with Crippen molar-refractivity contribution in [2.24, 2.45) is 0 Å². The minimum atomic E-state index is -3.40. The molecule has 0 spiro atoms. The number of benzene rings is 2. The Bertz CT molecular complexity index is 1050. The highest BCUT2D eigenvalue weighted by Crippen LogP contribution is 2.29. The third kappa shape index (κ3) is 5.38. The fraction of sp³-hybridized carbons (Fsp3) is 0.250. The highest BCUT2D eigenvalue weighted by atomic mass is 127. The van der Waals surface area contributed by atoms with E-state index in [-0.39, 0.29) is 17.0 Å². The van der Waals surface area contributed by atoms with Crippen molar-refractivity contribution in [1.29, 1.82) is 0 Å². The predicted octanol–water partition coefficient (Wildman–Crippen LogP) is 5.91. The summed E-state index contributed by atoms with van der Waals surface area (Å²) in [7, 11) is -3.40. The first kappa shape index (κ1) is 22.7. The summed E-state index contributed by atoms with van der Waals surface area (Å²) in [5, 5.41) is 6.08. The van der Waals surface area contributed by atoms with Crippen LogP contribution in [0.25, 0.3) is 11.3 Å². The number of nitrogens with zero attached hydrogens (tertiary/aromatic N) is 2. The van der Waals surface area contributed by atoms with E-state index in [4.69, 9.17) is 0 Å². The molecule has 1 aromatic heterocycles. The van der Waals surface area contributed by atoms with Crippen LogP contribution in [-0.4, -0.2) is 30.8 Å². The number of thiazole rings is 1. The average molecular weight is 606 g/mol. The first-order valence-electron chi connectivity index (χ1n) is 9.11. The summed E-state index contributed by atoms with van der Waals surface area (Å²) < 4.78 is 28.3. The second-order valence-electron chi connectivity index (χ2n) is 6.66. The van der Waals surface area contributed by atoms with Crippen LogP contribution in [0.1, 0.15) is 19.3 Å². The van der Waals surface area contributed by atoms with Crippen LogP contribution in [0.4, 0.5) is 10.8 Å². The minimum Gasteiger partial charge on any atom is -0.332 e. The monoisotopic (exact) mass is 605 g/mol. The Morgan fingerprint density at radius 2 is 1.62 bits per heavy atom. The molecule has 154 valence electrons. The Balaban J connectivity index is 0.00000240. The quantitative estimate of drug-likeness (QED) is 0.367. The van der Waals surface area contributed by atoms with Crippen molar-refractivity contribution in [3.05, 3.63) is 57.5 Å². The lowest BCUT2D eigenvalue weighted by Gasteiger charge is -2.25. The van der Waals surface area contributed by atoms with Gasteiger partial charge in [-0.1, -0.05) is 18.6 Å². The van der Waals surface area contributed by atoms with Crippen LogP contribution in [0.2, 0.25) is 0 Å². The lowest BCUT2D eigenvalue weighted by atomic mass is 10.2. The van der Waals surface area contributed by atoms with E-state index in [0.29, 0.717) is 18.0 Å². The molecule has 0 amide bonds. The van der Waals surface area contributed by atoms with Crippen molar-refractivity contribution in [2.75, 3.05) is 18.4 Å². The SMILES string of the molecule is Br.O=S(=O)(c1ccc(-c2csc(Nc3ccc(I)cc3)n2)cc1)N1CCCCC1. The first-order chi connectivity index (χ1) is 13.5. The largest absolute Gasteiger partial charge is 0.332 e. The van der Waals surface area contributed by atoms with Gasteiger partial charge < -0.3 is 5.32 Å². The van der Waals surface area contributed by atoms with Crippen molar-refractivity contribution in [1.82, 2.24) is 9.29 Å². The van der Waals surface area contributed by atoms with Gasteiger partial charge in [0.25, 0.3) is 0 Å². The van der Waals surface area contributed by atoms with Crippen LogP contribution in [0.3, 0.4) is 0 Å². The summed E-state index contributed by atoms with van der Waals surface area (Å²) >= 11 is 3.80. The molecule has 3 aromatic rings. The zero-order valence-corrected chi connectivity index (χ0v) is 21.0. The van der Waals surface area contributed by atoms with Crippen LogP contribution in [-0.2, 0) is 10.0 Å². The molecule has 0 unspecified atom stereocenters. The summed E-state index contributed by atoms with van der Waals surface area (Å²) in [6.07, 6.45) is 2.98. The summed E-state index contributed by atoms with van der Waals surface area (Å²) in [6.45, 7) is 1.23. The molecule has 1 fully saturated rings. The van der Waals surface area contributed by atoms with E-state index in [1.54, 1.807) is 16.4 Å². The van der Waals surface area contributed by atoms with Gasteiger partial charge in [0.15, 0.2) is 5.13 Å². The number of piperidine rings is 1. The molecule has 0 atom stereocenters. The van der Waals surface area contributed by atoms with E-state index < -0.39 is 10.0 Å². The standard InChI is InChI=1S/C20H20IN3O2S2.BrH/c21-16-6-8-17(9-7-16)22-20-23-19(14-27-20)15-4-10-18(11-5-15)28(25,26)24-12-2-1-3-13-24;/h4-11,14H,1-3,12-13H2,(H,22,23);1H. The van der Waals surface area contributed by atoms with Gasteiger partial charge in [-0.15, -0.1) is 28.3 Å². The maximum atomic E-state index is 12.8. The van der Waals surface area contributed by atoms with Gasteiger partial charge in [-0.05, 0) is 71.8 Å². The number of anilines is 2. The Labute approximate surface area is 199 Å².